The molecule has 0 aromatic heterocycles. The van der Waals surface area contributed by atoms with E-state index in [0.29, 0.717) is 0 Å². The van der Waals surface area contributed by atoms with E-state index in [-0.39, 0.29) is 0 Å². The van der Waals surface area contributed by atoms with Gasteiger partial charge in [0, 0.05) is 0 Å². The van der Waals surface area contributed by atoms with Gasteiger partial charge in [-0.2, -0.15) is 0 Å². The molecule has 1 aliphatic carbocycles. The molecule has 100 valence electrons. The fraction of sp³-hybridized carbons (Fsp3) is 0.529. The topological polar surface area (TPSA) is 9.23 Å². The molecule has 0 spiro atoms. The van der Waals surface area contributed by atoms with E-state index in [1.165, 1.54) is 25.7 Å². The Morgan fingerprint density at radius 2 is 1.94 bits per heavy atom. The molecular formula is C17H26O. The molecule has 18 heavy (non-hydrogen) atoms. The highest BCUT2D eigenvalue weighted by molar-refractivity contribution is 5.39. The third-order valence-corrected chi connectivity index (χ3v) is 3.53. The van der Waals surface area contributed by atoms with Gasteiger partial charge in [0.2, 0.25) is 0 Å². The first-order chi connectivity index (χ1) is 8.58. The Bertz CT molecular complexity index is 393. The Kier molecular flexibility index (Phi) is 5.97. The maximum absolute atomic E-state index is 4.56. The fourth-order valence-electron chi connectivity index (χ4n) is 2.12. The molecule has 0 fully saturated rings. The number of rotatable bonds is 4. The van der Waals surface area contributed by atoms with Crippen LogP contribution in [0.2, 0.25) is 0 Å². The molecule has 0 N–H and O–H groups in total. The lowest BCUT2D eigenvalue weighted by Gasteiger charge is -2.21. The monoisotopic (exact) mass is 246 g/mol. The van der Waals surface area contributed by atoms with E-state index < -0.39 is 0 Å². The van der Waals surface area contributed by atoms with E-state index in [1.807, 2.05) is 0 Å². The molecular weight excluding hydrogens is 220 g/mol. The van der Waals surface area contributed by atoms with Crippen molar-refractivity contribution in [1.29, 1.82) is 0 Å². The molecule has 1 nitrogen and oxygen atoms in total. The highest BCUT2D eigenvalue weighted by Crippen LogP contribution is 2.28. The summed E-state index contributed by atoms with van der Waals surface area (Å²) in [6, 6.07) is 7.05. The van der Waals surface area contributed by atoms with Gasteiger partial charge >= 0.3 is 0 Å². The maximum atomic E-state index is 4.56. The van der Waals surface area contributed by atoms with Gasteiger partial charge in [0.25, 0.3) is 0 Å². The van der Waals surface area contributed by atoms with Gasteiger partial charge in [-0.25, -0.2) is 0 Å². The highest BCUT2D eigenvalue weighted by Gasteiger charge is 2.14. The van der Waals surface area contributed by atoms with Crippen LogP contribution in [0.3, 0.4) is 0 Å². The van der Waals surface area contributed by atoms with Crippen molar-refractivity contribution in [2.75, 3.05) is 7.11 Å². The molecule has 0 saturated carbocycles. The Hall–Kier alpha value is -1.24. The van der Waals surface area contributed by atoms with Crippen molar-refractivity contribution < 1.29 is 4.74 Å². The number of aryl methyl sites for hydroxylation is 2. The first-order valence-electron chi connectivity index (χ1n) is 6.89. The van der Waals surface area contributed by atoms with Gasteiger partial charge in [-0.15, -0.1) is 0 Å². The van der Waals surface area contributed by atoms with Crippen LogP contribution in [0, 0.1) is 0 Å². The number of benzene rings is 1. The summed E-state index contributed by atoms with van der Waals surface area (Å²) >= 11 is 0. The van der Waals surface area contributed by atoms with E-state index in [4.69, 9.17) is 0 Å². The van der Waals surface area contributed by atoms with E-state index in [1.54, 1.807) is 30.7 Å². The average Bonchev–Trinajstić information content (AvgIpc) is 2.32. The molecule has 0 heterocycles. The van der Waals surface area contributed by atoms with Crippen LogP contribution in [0.1, 0.15) is 56.2 Å². The molecule has 1 unspecified atom stereocenters. The van der Waals surface area contributed by atoms with Gasteiger partial charge in [-0.05, 0) is 48.8 Å². The van der Waals surface area contributed by atoms with E-state index in [2.05, 4.69) is 43.4 Å². The number of hydrogen-bond acceptors (Lipinski definition) is 1. The SMILES string of the molecule is C=C(C)OC.CCCC(C)c1ccc2c(c1)CC2. The zero-order chi connectivity index (χ0) is 13.5. The van der Waals surface area contributed by atoms with E-state index in [9.17, 15) is 0 Å². The van der Waals surface area contributed by atoms with Crippen LogP contribution in [0.25, 0.3) is 0 Å². The molecule has 0 amide bonds. The lowest BCUT2D eigenvalue weighted by atomic mass is 9.84. The summed E-state index contributed by atoms with van der Waals surface area (Å²) in [5.74, 6) is 1.50. The largest absolute Gasteiger partial charge is 0.502 e. The number of hydrogen-bond donors (Lipinski definition) is 0. The first kappa shape index (κ1) is 14.8. The van der Waals surface area contributed by atoms with E-state index in [0.717, 1.165) is 11.7 Å². The summed E-state index contributed by atoms with van der Waals surface area (Å²) in [6.07, 6.45) is 5.22. The quantitative estimate of drug-likeness (QED) is 0.690. The number of allylic oxidation sites excluding steroid dienone is 1. The van der Waals surface area contributed by atoms with Gasteiger partial charge in [-0.3, -0.25) is 0 Å². The van der Waals surface area contributed by atoms with Gasteiger partial charge in [-0.1, -0.05) is 45.0 Å². The summed E-state index contributed by atoms with van der Waals surface area (Å²) in [6.45, 7) is 9.86. The predicted octanol–water partition coefficient (Wildman–Crippen LogP) is 4.86. The Morgan fingerprint density at radius 3 is 2.33 bits per heavy atom. The second kappa shape index (κ2) is 7.25. The van der Waals surface area contributed by atoms with Crippen molar-refractivity contribution in [3.8, 4) is 0 Å². The minimum atomic E-state index is 0.746. The maximum Gasteiger partial charge on any atom is 0.0853 e. The van der Waals surface area contributed by atoms with Crippen molar-refractivity contribution >= 4 is 0 Å². The minimum Gasteiger partial charge on any atom is -0.502 e. The van der Waals surface area contributed by atoms with Gasteiger partial charge in [0.05, 0.1) is 12.9 Å². The van der Waals surface area contributed by atoms with Crippen LogP contribution in [-0.4, -0.2) is 7.11 Å². The lowest BCUT2D eigenvalue weighted by Crippen LogP contribution is -2.09. The molecule has 1 aliphatic rings. The molecule has 2 rings (SSSR count). The zero-order valence-electron chi connectivity index (χ0n) is 12.3. The zero-order valence-corrected chi connectivity index (χ0v) is 12.3. The van der Waals surface area contributed by atoms with Crippen LogP contribution < -0.4 is 0 Å². The van der Waals surface area contributed by atoms with Gasteiger partial charge in [0.15, 0.2) is 0 Å². The molecule has 1 aromatic rings. The molecule has 1 heteroatoms. The second-order valence-electron chi connectivity index (χ2n) is 5.12. The number of ether oxygens (including phenoxy) is 1. The molecule has 0 radical (unpaired) electrons. The summed E-state index contributed by atoms with van der Waals surface area (Å²) < 4.78 is 4.56. The van der Waals surface area contributed by atoms with Crippen molar-refractivity contribution in [2.24, 2.45) is 0 Å². The molecule has 0 saturated heterocycles. The van der Waals surface area contributed by atoms with Crippen molar-refractivity contribution in [2.45, 2.75) is 52.4 Å². The number of fused-ring (bicyclic) bond motifs is 1. The van der Waals surface area contributed by atoms with Crippen molar-refractivity contribution in [3.05, 3.63) is 47.2 Å². The van der Waals surface area contributed by atoms with Gasteiger partial charge in [0.1, 0.15) is 0 Å². The van der Waals surface area contributed by atoms with Gasteiger partial charge < -0.3 is 4.74 Å². The first-order valence-corrected chi connectivity index (χ1v) is 6.89. The summed E-state index contributed by atoms with van der Waals surface area (Å²) in [5.41, 5.74) is 4.72. The second-order valence-corrected chi connectivity index (χ2v) is 5.12. The standard InChI is InChI=1S/C13H18.C4H8O/c1-3-4-10(2)12-7-5-11-6-8-13(11)9-12;1-4(2)5-3/h5,7,9-10H,3-4,6,8H2,1-2H3;1H2,2-3H3. The molecule has 1 atom stereocenters. The Balaban J connectivity index is 0.000000280. The normalized spacial score (nSPS) is 13.6. The summed E-state index contributed by atoms with van der Waals surface area (Å²) in [4.78, 5) is 0. The lowest BCUT2D eigenvalue weighted by molar-refractivity contribution is 0.295. The van der Waals surface area contributed by atoms with E-state index >= 15 is 0 Å². The number of methoxy groups -OCH3 is 1. The highest BCUT2D eigenvalue weighted by atomic mass is 16.5. The smallest absolute Gasteiger partial charge is 0.0853 e. The molecule has 0 aliphatic heterocycles. The van der Waals surface area contributed by atoms with Crippen LogP contribution in [-0.2, 0) is 17.6 Å². The Labute approximate surface area is 112 Å². The predicted molar refractivity (Wildman–Crippen MR) is 79.0 cm³/mol. The van der Waals surface area contributed by atoms with Crippen molar-refractivity contribution in [1.82, 2.24) is 0 Å². The van der Waals surface area contributed by atoms with Crippen LogP contribution in [0.5, 0.6) is 0 Å². The van der Waals surface area contributed by atoms with Crippen LogP contribution in [0.4, 0.5) is 0 Å². The molecule has 1 aromatic carbocycles. The third kappa shape index (κ3) is 4.21. The molecule has 0 bridgehead atoms. The van der Waals surface area contributed by atoms with Crippen LogP contribution >= 0.6 is 0 Å². The fourth-order valence-corrected chi connectivity index (χ4v) is 2.12. The summed E-state index contributed by atoms with van der Waals surface area (Å²) in [5, 5.41) is 0. The van der Waals surface area contributed by atoms with Crippen LogP contribution in [0.15, 0.2) is 30.5 Å². The minimum absolute atomic E-state index is 0.746. The Morgan fingerprint density at radius 1 is 1.33 bits per heavy atom. The average molecular weight is 246 g/mol. The van der Waals surface area contributed by atoms with Crippen molar-refractivity contribution in [3.63, 3.8) is 0 Å². The summed E-state index contributed by atoms with van der Waals surface area (Å²) in [7, 11) is 1.60. The third-order valence-electron chi connectivity index (χ3n) is 3.53.